The fourth-order valence-corrected chi connectivity index (χ4v) is 1.32. The van der Waals surface area contributed by atoms with Crippen LogP contribution in [0.15, 0.2) is 5.18 Å². The maximum Gasteiger partial charge on any atom is 0.227 e. The number of nitrogens with zero attached hydrogens (tertiary/aromatic N) is 2. The summed E-state index contributed by atoms with van der Waals surface area (Å²) in [4.78, 5) is 20.2. The van der Waals surface area contributed by atoms with Crippen LogP contribution in [0.4, 0.5) is 0 Å². The van der Waals surface area contributed by atoms with Crippen LogP contribution in [0.1, 0.15) is 13.3 Å². The van der Waals surface area contributed by atoms with Crippen molar-refractivity contribution in [2.24, 2.45) is 5.18 Å². The van der Waals surface area contributed by atoms with E-state index in [0.29, 0.717) is 6.54 Å². The van der Waals surface area contributed by atoms with Crippen molar-refractivity contribution in [2.45, 2.75) is 31.5 Å². The third kappa shape index (κ3) is 1.76. The van der Waals surface area contributed by atoms with Crippen LogP contribution in [0.5, 0.6) is 0 Å². The summed E-state index contributed by atoms with van der Waals surface area (Å²) in [5, 5.41) is 16.1. The zero-order valence-electron chi connectivity index (χ0n) is 6.77. The van der Waals surface area contributed by atoms with Crippen LogP contribution in [0.25, 0.3) is 0 Å². The minimum absolute atomic E-state index is 0.0429. The number of nitroso groups, excluding NO2 is 1. The number of rotatable bonds is 2. The molecule has 3 atom stereocenters. The van der Waals surface area contributed by atoms with Crippen LogP contribution in [0.2, 0.25) is 0 Å². The lowest BCUT2D eigenvalue weighted by Gasteiger charge is -2.26. The van der Waals surface area contributed by atoms with Gasteiger partial charge in [0.05, 0.1) is 6.54 Å². The second kappa shape index (κ2) is 3.57. The minimum Gasteiger partial charge on any atom is -0.306 e. The Morgan fingerprint density at radius 3 is 2.83 bits per heavy atom. The molecule has 68 valence electrons. The van der Waals surface area contributed by atoms with Gasteiger partial charge in [0.1, 0.15) is 6.04 Å². The van der Waals surface area contributed by atoms with E-state index in [4.69, 9.17) is 0 Å². The van der Waals surface area contributed by atoms with E-state index in [9.17, 15) is 15.0 Å². The molecule has 1 aliphatic rings. The summed E-state index contributed by atoms with van der Waals surface area (Å²) in [6.07, 6.45) is 0.255. The molecule has 0 aliphatic carbocycles. The third-order valence-electron chi connectivity index (χ3n) is 2.20. The number of hydrogen-bond donors (Lipinski definition) is 1. The fraction of sp³-hybridized carbons (Fsp3) is 1.00. The topological polar surface area (TPSA) is 84.6 Å². The normalized spacial score (nSPS) is 35.9. The molecule has 1 saturated heterocycles. The number of hydrogen-bond acceptors (Lipinski definition) is 5. The van der Waals surface area contributed by atoms with Gasteiger partial charge in [-0.3, -0.25) is 10.1 Å². The molecule has 0 aromatic rings. The molecular formula is C6H11N3O3. The molecule has 0 spiro atoms. The lowest BCUT2D eigenvalue weighted by Crippen LogP contribution is -2.50. The van der Waals surface area contributed by atoms with Gasteiger partial charge in [-0.2, -0.15) is 4.91 Å². The SMILES string of the molecule is CC1NCC([N+](=O)[O-])CC1N=O. The van der Waals surface area contributed by atoms with E-state index < -0.39 is 12.1 Å². The first-order valence-corrected chi connectivity index (χ1v) is 3.84. The van der Waals surface area contributed by atoms with Crippen LogP contribution in [-0.2, 0) is 0 Å². The van der Waals surface area contributed by atoms with Crippen LogP contribution < -0.4 is 5.32 Å². The summed E-state index contributed by atoms with van der Waals surface area (Å²) in [6, 6.07) is -1.17. The maximum atomic E-state index is 10.3. The molecule has 3 unspecified atom stereocenters. The smallest absolute Gasteiger partial charge is 0.227 e. The van der Waals surface area contributed by atoms with Gasteiger partial charge in [-0.15, -0.1) is 0 Å². The van der Waals surface area contributed by atoms with Gasteiger partial charge in [0.2, 0.25) is 6.04 Å². The van der Waals surface area contributed by atoms with Crippen LogP contribution in [0.3, 0.4) is 0 Å². The largest absolute Gasteiger partial charge is 0.306 e. The van der Waals surface area contributed by atoms with Crippen molar-refractivity contribution >= 4 is 0 Å². The van der Waals surface area contributed by atoms with Gasteiger partial charge in [-0.25, -0.2) is 0 Å². The molecule has 12 heavy (non-hydrogen) atoms. The van der Waals surface area contributed by atoms with E-state index in [1.165, 1.54) is 0 Å². The molecule has 0 aromatic heterocycles. The molecule has 1 rings (SSSR count). The van der Waals surface area contributed by atoms with Gasteiger partial charge in [0.15, 0.2) is 0 Å². The third-order valence-corrected chi connectivity index (χ3v) is 2.20. The number of piperidine rings is 1. The summed E-state index contributed by atoms with van der Waals surface area (Å²) < 4.78 is 0. The van der Waals surface area contributed by atoms with E-state index in [-0.39, 0.29) is 17.4 Å². The monoisotopic (exact) mass is 173 g/mol. The van der Waals surface area contributed by atoms with Crippen molar-refractivity contribution < 1.29 is 4.92 Å². The van der Waals surface area contributed by atoms with E-state index in [2.05, 4.69) is 10.5 Å². The Balaban J connectivity index is 2.55. The van der Waals surface area contributed by atoms with Crippen LogP contribution >= 0.6 is 0 Å². The predicted octanol–water partition coefficient (Wildman–Crippen LogP) is 0.148. The molecular weight excluding hydrogens is 162 g/mol. The number of nitrogens with one attached hydrogen (secondary N) is 1. The highest BCUT2D eigenvalue weighted by Gasteiger charge is 2.34. The first-order valence-electron chi connectivity index (χ1n) is 3.84. The molecule has 0 radical (unpaired) electrons. The van der Waals surface area contributed by atoms with Gasteiger partial charge >= 0.3 is 0 Å². The Bertz CT molecular complexity index is 196. The highest BCUT2D eigenvalue weighted by atomic mass is 16.6. The standard InChI is InChI=1S/C6H11N3O3/c1-4-6(8-10)2-5(3-7-4)9(11)12/h4-7H,2-3H2,1H3. The molecule has 0 saturated carbocycles. The van der Waals surface area contributed by atoms with Gasteiger partial charge in [-0.05, 0) is 6.92 Å². The van der Waals surface area contributed by atoms with Crippen molar-refractivity contribution in [3.05, 3.63) is 15.0 Å². The first kappa shape index (κ1) is 9.05. The van der Waals surface area contributed by atoms with Crippen LogP contribution in [-0.4, -0.2) is 29.6 Å². The maximum absolute atomic E-state index is 10.3. The lowest BCUT2D eigenvalue weighted by atomic mass is 9.97. The summed E-state index contributed by atoms with van der Waals surface area (Å²) in [5.74, 6) is 0. The lowest BCUT2D eigenvalue weighted by molar-refractivity contribution is -0.523. The van der Waals surface area contributed by atoms with Crippen molar-refractivity contribution in [3.63, 3.8) is 0 Å². The van der Waals surface area contributed by atoms with Gasteiger partial charge in [0, 0.05) is 17.4 Å². The highest BCUT2D eigenvalue weighted by molar-refractivity contribution is 4.87. The Hall–Kier alpha value is -1.04. The fourth-order valence-electron chi connectivity index (χ4n) is 1.32. The molecule has 6 nitrogen and oxygen atoms in total. The molecule has 1 N–H and O–H groups in total. The number of nitro groups is 1. The van der Waals surface area contributed by atoms with Crippen molar-refractivity contribution in [1.29, 1.82) is 0 Å². The van der Waals surface area contributed by atoms with Gasteiger partial charge in [0.25, 0.3) is 0 Å². The van der Waals surface area contributed by atoms with E-state index in [0.717, 1.165) is 0 Å². The average Bonchev–Trinajstić information content (AvgIpc) is 2.05. The molecule has 6 heteroatoms. The van der Waals surface area contributed by atoms with Crippen molar-refractivity contribution in [1.82, 2.24) is 5.32 Å². The van der Waals surface area contributed by atoms with E-state index in [1.54, 1.807) is 0 Å². The molecule has 0 bridgehead atoms. The molecule has 0 aromatic carbocycles. The second-order valence-electron chi connectivity index (χ2n) is 3.04. The second-order valence-corrected chi connectivity index (χ2v) is 3.04. The highest BCUT2D eigenvalue weighted by Crippen LogP contribution is 2.14. The summed E-state index contributed by atoms with van der Waals surface area (Å²) in [6.45, 7) is 2.14. The Kier molecular flexibility index (Phi) is 2.69. The quantitative estimate of drug-likeness (QED) is 0.366. The molecule has 0 amide bonds. The molecule has 1 fully saturated rings. The molecule has 1 aliphatic heterocycles. The van der Waals surface area contributed by atoms with E-state index >= 15 is 0 Å². The summed E-state index contributed by atoms with van der Waals surface area (Å²) in [5.41, 5.74) is 0. The Morgan fingerprint density at radius 2 is 2.33 bits per heavy atom. The average molecular weight is 173 g/mol. The summed E-state index contributed by atoms with van der Waals surface area (Å²) in [7, 11) is 0. The van der Waals surface area contributed by atoms with Crippen LogP contribution in [0, 0.1) is 15.0 Å². The minimum atomic E-state index is -0.663. The Labute approximate surface area is 69.5 Å². The predicted molar refractivity (Wildman–Crippen MR) is 42.4 cm³/mol. The molecule has 1 heterocycles. The summed E-state index contributed by atoms with van der Waals surface area (Å²) >= 11 is 0. The zero-order valence-corrected chi connectivity index (χ0v) is 6.77. The van der Waals surface area contributed by atoms with Crippen molar-refractivity contribution in [2.75, 3.05) is 6.54 Å². The van der Waals surface area contributed by atoms with E-state index in [1.807, 2.05) is 6.92 Å². The Morgan fingerprint density at radius 1 is 1.67 bits per heavy atom. The zero-order chi connectivity index (χ0) is 9.14. The van der Waals surface area contributed by atoms with Gasteiger partial charge < -0.3 is 5.32 Å². The van der Waals surface area contributed by atoms with Crippen molar-refractivity contribution in [3.8, 4) is 0 Å². The van der Waals surface area contributed by atoms with Gasteiger partial charge in [-0.1, -0.05) is 5.18 Å². The first-order chi connectivity index (χ1) is 5.65.